The predicted octanol–water partition coefficient (Wildman–Crippen LogP) is 0.137. The number of aromatic nitrogens is 2. The van der Waals surface area contributed by atoms with Gasteiger partial charge in [0.1, 0.15) is 0 Å². The lowest BCUT2D eigenvalue weighted by molar-refractivity contribution is 0.608. The van der Waals surface area contributed by atoms with E-state index in [4.69, 9.17) is 5.73 Å². The van der Waals surface area contributed by atoms with Crippen LogP contribution in [0.5, 0.6) is 0 Å². The van der Waals surface area contributed by atoms with Crippen molar-refractivity contribution in [1.82, 2.24) is 9.78 Å². The van der Waals surface area contributed by atoms with E-state index in [9.17, 15) is 4.79 Å². The van der Waals surface area contributed by atoms with E-state index < -0.39 is 0 Å². The van der Waals surface area contributed by atoms with Crippen LogP contribution in [0.3, 0.4) is 0 Å². The minimum atomic E-state index is 0.0201. The zero-order valence-electron chi connectivity index (χ0n) is 7.84. The highest BCUT2D eigenvalue weighted by molar-refractivity contribution is 5.08. The van der Waals surface area contributed by atoms with Crippen molar-refractivity contribution in [2.45, 2.75) is 31.2 Å². The Labute approximate surface area is 76.7 Å². The fourth-order valence-electron chi connectivity index (χ4n) is 1.53. The molecule has 0 radical (unpaired) electrons. The van der Waals surface area contributed by atoms with Gasteiger partial charge in [-0.3, -0.25) is 14.6 Å². The maximum absolute atomic E-state index is 11.3. The van der Waals surface area contributed by atoms with E-state index in [-0.39, 0.29) is 11.1 Å². The lowest BCUT2D eigenvalue weighted by atomic mass is 10.1. The van der Waals surface area contributed by atoms with Gasteiger partial charge < -0.3 is 5.73 Å². The maximum Gasteiger partial charge on any atom is 0.267 e. The zero-order valence-corrected chi connectivity index (χ0v) is 7.84. The number of H-pyrrole nitrogens is 1. The Hall–Kier alpha value is -1.03. The Morgan fingerprint density at radius 2 is 2.38 bits per heavy atom. The molecule has 0 atom stereocenters. The molecule has 4 nitrogen and oxygen atoms in total. The SMILES string of the molecule is Cn1cc(CCC2(N)CC2)c(=O)[nH]1. The fraction of sp³-hybridized carbons (Fsp3) is 0.667. The summed E-state index contributed by atoms with van der Waals surface area (Å²) in [5.41, 5.74) is 6.84. The van der Waals surface area contributed by atoms with Crippen molar-refractivity contribution in [2.75, 3.05) is 0 Å². The van der Waals surface area contributed by atoms with Crippen molar-refractivity contribution >= 4 is 0 Å². The topological polar surface area (TPSA) is 63.8 Å². The molecule has 1 aromatic rings. The van der Waals surface area contributed by atoms with Crippen LogP contribution in [0.4, 0.5) is 0 Å². The van der Waals surface area contributed by atoms with E-state index in [1.807, 2.05) is 13.2 Å². The third kappa shape index (κ3) is 1.83. The second-order valence-electron chi connectivity index (χ2n) is 4.07. The molecule has 1 aliphatic rings. The predicted molar refractivity (Wildman–Crippen MR) is 50.5 cm³/mol. The fourth-order valence-corrected chi connectivity index (χ4v) is 1.53. The van der Waals surface area contributed by atoms with Crippen LogP contribution in [0.2, 0.25) is 0 Å². The molecule has 0 unspecified atom stereocenters. The van der Waals surface area contributed by atoms with Gasteiger partial charge in [-0.25, -0.2) is 0 Å². The summed E-state index contributed by atoms with van der Waals surface area (Å²) in [6.07, 6.45) is 5.79. The smallest absolute Gasteiger partial charge is 0.267 e. The highest BCUT2D eigenvalue weighted by Crippen LogP contribution is 2.36. The highest BCUT2D eigenvalue weighted by atomic mass is 16.1. The first kappa shape index (κ1) is 8.56. The molecule has 0 amide bonds. The summed E-state index contributed by atoms with van der Waals surface area (Å²) >= 11 is 0. The van der Waals surface area contributed by atoms with E-state index in [1.54, 1.807) is 4.68 Å². The Bertz CT molecular complexity index is 359. The maximum atomic E-state index is 11.3. The van der Waals surface area contributed by atoms with Gasteiger partial charge in [0.15, 0.2) is 0 Å². The van der Waals surface area contributed by atoms with Crippen LogP contribution in [0.15, 0.2) is 11.0 Å². The van der Waals surface area contributed by atoms with E-state index in [0.717, 1.165) is 31.2 Å². The quantitative estimate of drug-likeness (QED) is 0.696. The largest absolute Gasteiger partial charge is 0.325 e. The highest BCUT2D eigenvalue weighted by Gasteiger charge is 2.37. The van der Waals surface area contributed by atoms with Crippen LogP contribution in [-0.4, -0.2) is 15.3 Å². The van der Waals surface area contributed by atoms with Crippen molar-refractivity contribution in [2.24, 2.45) is 12.8 Å². The van der Waals surface area contributed by atoms with Crippen LogP contribution in [0, 0.1) is 0 Å². The number of hydrogen-bond acceptors (Lipinski definition) is 2. The van der Waals surface area contributed by atoms with Gasteiger partial charge in [-0.1, -0.05) is 0 Å². The van der Waals surface area contributed by atoms with Crippen molar-refractivity contribution in [3.63, 3.8) is 0 Å². The van der Waals surface area contributed by atoms with Gasteiger partial charge in [-0.2, -0.15) is 0 Å². The molecule has 3 N–H and O–H groups in total. The van der Waals surface area contributed by atoms with Crippen molar-refractivity contribution in [3.8, 4) is 0 Å². The van der Waals surface area contributed by atoms with Crippen molar-refractivity contribution in [1.29, 1.82) is 0 Å². The van der Waals surface area contributed by atoms with Crippen LogP contribution in [0.1, 0.15) is 24.8 Å². The molecule has 4 heteroatoms. The van der Waals surface area contributed by atoms with Gasteiger partial charge in [0.25, 0.3) is 5.56 Å². The molecule has 0 bridgehead atoms. The molecule has 72 valence electrons. The monoisotopic (exact) mass is 181 g/mol. The average Bonchev–Trinajstić information content (AvgIpc) is 2.69. The molecule has 2 rings (SSSR count). The Balaban J connectivity index is 2.01. The molecule has 1 saturated carbocycles. The summed E-state index contributed by atoms with van der Waals surface area (Å²) in [4.78, 5) is 11.3. The summed E-state index contributed by atoms with van der Waals surface area (Å²) in [7, 11) is 1.82. The molecule has 1 heterocycles. The van der Waals surface area contributed by atoms with E-state index in [0.29, 0.717) is 0 Å². The molecule has 0 saturated heterocycles. The van der Waals surface area contributed by atoms with Gasteiger partial charge in [0.05, 0.1) is 0 Å². The first-order valence-corrected chi connectivity index (χ1v) is 4.62. The number of aryl methyl sites for hydroxylation is 2. The normalized spacial score (nSPS) is 18.9. The third-order valence-electron chi connectivity index (χ3n) is 2.70. The second-order valence-corrected chi connectivity index (χ2v) is 4.07. The number of nitrogens with one attached hydrogen (secondary N) is 1. The summed E-state index contributed by atoms with van der Waals surface area (Å²) in [6.45, 7) is 0. The first-order valence-electron chi connectivity index (χ1n) is 4.62. The van der Waals surface area contributed by atoms with Gasteiger partial charge in [-0.15, -0.1) is 0 Å². The van der Waals surface area contributed by atoms with E-state index >= 15 is 0 Å². The first-order chi connectivity index (χ1) is 6.09. The van der Waals surface area contributed by atoms with Gasteiger partial charge in [-0.05, 0) is 25.7 Å². The van der Waals surface area contributed by atoms with Gasteiger partial charge in [0.2, 0.25) is 0 Å². The zero-order chi connectivity index (χ0) is 9.47. The molecule has 0 spiro atoms. The molecule has 0 aliphatic heterocycles. The Morgan fingerprint density at radius 3 is 2.85 bits per heavy atom. The van der Waals surface area contributed by atoms with Crippen LogP contribution < -0.4 is 11.3 Å². The minimum absolute atomic E-state index is 0.0201. The third-order valence-corrected chi connectivity index (χ3v) is 2.70. The molecule has 1 aromatic heterocycles. The lowest BCUT2D eigenvalue weighted by Crippen LogP contribution is -2.23. The Morgan fingerprint density at radius 1 is 1.69 bits per heavy atom. The number of aromatic amines is 1. The summed E-state index contributed by atoms with van der Waals surface area (Å²) in [6, 6.07) is 0. The van der Waals surface area contributed by atoms with Crippen LogP contribution in [0.25, 0.3) is 0 Å². The number of rotatable bonds is 3. The van der Waals surface area contributed by atoms with Crippen LogP contribution in [-0.2, 0) is 13.5 Å². The van der Waals surface area contributed by atoms with Crippen molar-refractivity contribution < 1.29 is 0 Å². The van der Waals surface area contributed by atoms with Crippen LogP contribution >= 0.6 is 0 Å². The molecule has 13 heavy (non-hydrogen) atoms. The summed E-state index contributed by atoms with van der Waals surface area (Å²) < 4.78 is 1.69. The molecular formula is C9H15N3O. The van der Waals surface area contributed by atoms with E-state index in [2.05, 4.69) is 5.10 Å². The number of nitrogens with two attached hydrogens (primary N) is 1. The number of hydrogen-bond donors (Lipinski definition) is 2. The molecule has 0 aromatic carbocycles. The number of nitrogens with zero attached hydrogens (tertiary/aromatic N) is 1. The lowest BCUT2D eigenvalue weighted by Gasteiger charge is -2.04. The molecular weight excluding hydrogens is 166 g/mol. The Kier molecular flexibility index (Phi) is 1.80. The molecule has 1 aliphatic carbocycles. The second kappa shape index (κ2) is 2.73. The minimum Gasteiger partial charge on any atom is -0.325 e. The standard InChI is InChI=1S/C9H15N3O/c1-12-6-7(8(13)11-12)2-3-9(10)4-5-9/h6H,2-5,10H2,1H3,(H,11,13). The summed E-state index contributed by atoms with van der Waals surface area (Å²) in [5.74, 6) is 0. The van der Waals surface area contributed by atoms with Gasteiger partial charge >= 0.3 is 0 Å². The van der Waals surface area contributed by atoms with E-state index in [1.165, 1.54) is 0 Å². The average molecular weight is 181 g/mol. The summed E-state index contributed by atoms with van der Waals surface area (Å²) in [5, 5.41) is 2.68. The molecule has 1 fully saturated rings. The van der Waals surface area contributed by atoms with Crippen molar-refractivity contribution in [3.05, 3.63) is 22.1 Å². The van der Waals surface area contributed by atoms with Gasteiger partial charge in [0, 0.05) is 24.3 Å².